The average Bonchev–Trinajstić information content (AvgIpc) is 3.69. The van der Waals surface area contributed by atoms with Gasteiger partial charge in [-0.2, -0.15) is 0 Å². The van der Waals surface area contributed by atoms with Gasteiger partial charge in [-0.1, -0.05) is 6.92 Å². The van der Waals surface area contributed by atoms with E-state index in [0.717, 1.165) is 18.7 Å². The van der Waals surface area contributed by atoms with Crippen molar-refractivity contribution in [3.63, 3.8) is 0 Å². The Morgan fingerprint density at radius 3 is 2.40 bits per heavy atom. The minimum Gasteiger partial charge on any atom is -0.507 e. The number of primary amides is 1. The number of amides is 1. The van der Waals surface area contributed by atoms with Crippen molar-refractivity contribution in [3.8, 4) is 11.5 Å². The third-order valence-electron chi connectivity index (χ3n) is 9.35. The second kappa shape index (κ2) is 10.0. The van der Waals surface area contributed by atoms with Crippen LogP contribution < -0.4 is 10.5 Å². The van der Waals surface area contributed by atoms with Gasteiger partial charge in [0.15, 0.2) is 34.7 Å². The third-order valence-corrected chi connectivity index (χ3v) is 9.35. The van der Waals surface area contributed by atoms with Gasteiger partial charge in [0.2, 0.25) is 5.91 Å². The Balaban J connectivity index is 1.57. The van der Waals surface area contributed by atoms with Crippen LogP contribution in [0.1, 0.15) is 47.7 Å². The molecule has 2 unspecified atom stereocenters. The lowest BCUT2D eigenvalue weighted by Gasteiger charge is -2.52. The highest BCUT2D eigenvalue weighted by Crippen LogP contribution is 2.52. The van der Waals surface area contributed by atoms with Crippen LogP contribution in [0, 0.1) is 29.6 Å². The Kier molecular flexibility index (Phi) is 7.12. The molecule has 4 aliphatic rings. The Morgan fingerprint density at radius 1 is 1.18 bits per heavy atom. The topological polar surface area (TPSA) is 168 Å². The predicted molar refractivity (Wildman–Crippen MR) is 142 cm³/mol. The molecule has 0 radical (unpaired) electrons. The number of carbonyl (C=O) groups excluding carboxylic acids is 5. The number of likely N-dealkylation sites (N-methyl/N-ethyl adjacent to an activating group) is 1. The van der Waals surface area contributed by atoms with Crippen molar-refractivity contribution in [2.75, 3.05) is 34.3 Å². The first-order valence-electron chi connectivity index (χ1n) is 13.8. The van der Waals surface area contributed by atoms with Gasteiger partial charge in [0.05, 0.1) is 24.6 Å². The van der Waals surface area contributed by atoms with Crippen molar-refractivity contribution in [1.82, 2.24) is 9.80 Å². The summed E-state index contributed by atoms with van der Waals surface area (Å²) in [6, 6.07) is 0.357. The second-order valence-corrected chi connectivity index (χ2v) is 12.0. The van der Waals surface area contributed by atoms with Crippen LogP contribution in [0.3, 0.4) is 0 Å². The van der Waals surface area contributed by atoms with E-state index in [4.69, 9.17) is 10.5 Å². The number of aliphatic hydroxyl groups is 1. The summed E-state index contributed by atoms with van der Waals surface area (Å²) in [6.45, 7) is 4.31. The van der Waals surface area contributed by atoms with E-state index in [1.807, 2.05) is 0 Å². The van der Waals surface area contributed by atoms with Crippen molar-refractivity contribution >= 4 is 29.0 Å². The number of Topliss-reactive ketones (excluding diaryl/α,β-unsaturated/α-hetero) is 4. The number of carbonyl (C=O) groups is 5. The first-order chi connectivity index (χ1) is 18.9. The van der Waals surface area contributed by atoms with Gasteiger partial charge in [-0.25, -0.2) is 0 Å². The molecule has 3 saturated carbocycles. The zero-order chi connectivity index (χ0) is 29.3. The highest BCUT2D eigenvalue weighted by molar-refractivity contribution is 6.32. The van der Waals surface area contributed by atoms with E-state index in [0.29, 0.717) is 23.8 Å². The van der Waals surface area contributed by atoms with Gasteiger partial charge < -0.3 is 20.7 Å². The molecule has 11 nitrogen and oxygen atoms in total. The fourth-order valence-corrected chi connectivity index (χ4v) is 7.30. The van der Waals surface area contributed by atoms with Crippen molar-refractivity contribution in [3.05, 3.63) is 22.8 Å². The Morgan fingerprint density at radius 2 is 1.85 bits per heavy atom. The Bertz CT molecular complexity index is 1300. The third kappa shape index (κ3) is 4.17. The number of hydrogen-bond acceptors (Lipinski definition) is 10. The molecule has 0 heterocycles. The molecule has 0 saturated heterocycles. The minimum atomic E-state index is -2.74. The lowest BCUT2D eigenvalue weighted by atomic mass is 9.52. The quantitative estimate of drug-likeness (QED) is 0.375. The lowest BCUT2D eigenvalue weighted by Crippen LogP contribution is -2.74. The number of hydrogen-bond donors (Lipinski definition) is 3. The summed E-state index contributed by atoms with van der Waals surface area (Å²) < 4.78 is 5.79. The molecular formula is C29H37N3O8. The van der Waals surface area contributed by atoms with Crippen LogP contribution >= 0.6 is 0 Å². The number of rotatable bonds is 8. The van der Waals surface area contributed by atoms with Gasteiger partial charge in [-0.3, -0.25) is 33.8 Å². The minimum absolute atomic E-state index is 0.000798. The molecule has 3 fully saturated rings. The molecule has 40 heavy (non-hydrogen) atoms. The number of nitrogens with zero attached hydrogens (tertiary/aromatic N) is 2. The van der Waals surface area contributed by atoms with E-state index >= 15 is 0 Å². The largest absolute Gasteiger partial charge is 0.507 e. The molecule has 1 amide bonds. The number of aromatic hydroxyl groups is 1. The number of ketones is 4. The number of ether oxygens (including phenoxy) is 1. The maximum absolute atomic E-state index is 13.9. The summed E-state index contributed by atoms with van der Waals surface area (Å²) >= 11 is 0. The van der Waals surface area contributed by atoms with Gasteiger partial charge in [0.1, 0.15) is 11.5 Å². The summed E-state index contributed by atoms with van der Waals surface area (Å²) in [4.78, 5) is 70.2. The SMILES string of the molecule is CCN(Cc1cc(O)c2c(c1OC)C[C@H]1C[C@H]3[C@H](N(C)C)C(=O)C(C(N)=O)C(=O)[C@@]3(O)C(=O)C1C2=O)CC1CC1. The van der Waals surface area contributed by atoms with Crippen LogP contribution in [0.5, 0.6) is 11.5 Å². The number of phenolic OH excluding ortho intramolecular Hbond substituents is 1. The predicted octanol–water partition coefficient (Wildman–Crippen LogP) is 0.108. The van der Waals surface area contributed by atoms with E-state index in [1.54, 1.807) is 14.1 Å². The first kappa shape index (κ1) is 28.4. The number of methoxy groups -OCH3 is 1. The molecule has 0 bridgehead atoms. The number of fused-ring (bicyclic) bond motifs is 3. The van der Waals surface area contributed by atoms with Crippen molar-refractivity contribution in [2.24, 2.45) is 35.3 Å². The number of benzene rings is 1. The van der Waals surface area contributed by atoms with Crippen LogP contribution in [0.4, 0.5) is 0 Å². The molecule has 0 aliphatic heterocycles. The molecule has 0 aromatic heterocycles. The van der Waals surface area contributed by atoms with Gasteiger partial charge in [0.25, 0.3) is 0 Å². The summed E-state index contributed by atoms with van der Waals surface area (Å²) in [5, 5.41) is 22.7. The van der Waals surface area contributed by atoms with Gasteiger partial charge in [-0.05, 0) is 64.2 Å². The molecule has 4 aliphatic carbocycles. The summed E-state index contributed by atoms with van der Waals surface area (Å²) in [6.07, 6.45) is 2.56. The summed E-state index contributed by atoms with van der Waals surface area (Å²) in [5.74, 6) is -9.45. The van der Waals surface area contributed by atoms with Crippen LogP contribution in [0.15, 0.2) is 6.07 Å². The van der Waals surface area contributed by atoms with Gasteiger partial charge in [0, 0.05) is 30.1 Å². The molecule has 11 heteroatoms. The van der Waals surface area contributed by atoms with Crippen LogP contribution in [0.25, 0.3) is 0 Å². The maximum Gasteiger partial charge on any atom is 0.235 e. The second-order valence-electron chi connectivity index (χ2n) is 12.0. The molecule has 1 aromatic carbocycles. The first-order valence-corrected chi connectivity index (χ1v) is 13.8. The standard InChI is InChI=1S/C29H37N3O8/c1-5-32(11-13-6-7-13)12-15-10-18(33)20-16(25(15)40-4)8-14-9-17-22(31(2)3)24(35)21(28(30)38)27(37)29(17,39)26(36)19(14)23(20)34/h10,13-14,17,19,21-22,33,39H,5-9,11-12H2,1-4H3,(H2,30,38)/t14-,17-,19?,21?,22-,29-/m0/s1. The molecule has 0 spiro atoms. The molecule has 1 aromatic rings. The Labute approximate surface area is 232 Å². The number of phenols is 1. The Hall–Kier alpha value is -3.15. The molecule has 4 N–H and O–H groups in total. The highest BCUT2D eigenvalue weighted by Gasteiger charge is 2.69. The van der Waals surface area contributed by atoms with Gasteiger partial charge >= 0.3 is 0 Å². The van der Waals surface area contributed by atoms with E-state index < -0.39 is 64.4 Å². The fourth-order valence-electron chi connectivity index (χ4n) is 7.30. The van der Waals surface area contributed by atoms with E-state index in [1.165, 1.54) is 30.9 Å². The monoisotopic (exact) mass is 555 g/mol. The smallest absolute Gasteiger partial charge is 0.235 e. The molecule has 5 rings (SSSR count). The van der Waals surface area contributed by atoms with Crippen LogP contribution in [0.2, 0.25) is 0 Å². The summed E-state index contributed by atoms with van der Waals surface area (Å²) in [7, 11) is 4.62. The lowest BCUT2D eigenvalue weighted by molar-refractivity contribution is -0.181. The summed E-state index contributed by atoms with van der Waals surface area (Å²) in [5.41, 5.74) is 3.77. The zero-order valence-corrected chi connectivity index (χ0v) is 23.3. The van der Waals surface area contributed by atoms with Crippen molar-refractivity contribution < 1.29 is 38.9 Å². The van der Waals surface area contributed by atoms with Crippen LogP contribution in [-0.2, 0) is 32.1 Å². The highest BCUT2D eigenvalue weighted by atomic mass is 16.5. The average molecular weight is 556 g/mol. The maximum atomic E-state index is 13.9. The molecular weight excluding hydrogens is 518 g/mol. The normalized spacial score (nSPS) is 31.7. The van der Waals surface area contributed by atoms with E-state index in [-0.39, 0.29) is 24.2 Å². The van der Waals surface area contributed by atoms with Crippen molar-refractivity contribution in [2.45, 2.75) is 50.8 Å². The van der Waals surface area contributed by atoms with Crippen molar-refractivity contribution in [1.29, 1.82) is 0 Å². The van der Waals surface area contributed by atoms with Gasteiger partial charge in [-0.15, -0.1) is 0 Å². The van der Waals surface area contributed by atoms with E-state index in [2.05, 4.69) is 11.8 Å². The zero-order valence-electron chi connectivity index (χ0n) is 23.3. The molecule has 216 valence electrons. The van der Waals surface area contributed by atoms with Crippen LogP contribution in [-0.4, -0.2) is 95.0 Å². The number of nitrogens with two attached hydrogens (primary N) is 1. The van der Waals surface area contributed by atoms with E-state index in [9.17, 15) is 34.2 Å². The molecule has 6 atom stereocenters. The fraction of sp³-hybridized carbons (Fsp3) is 0.621.